The molecule has 2 aliphatic heterocycles. The van der Waals surface area contributed by atoms with Gasteiger partial charge < -0.3 is 19.5 Å². The van der Waals surface area contributed by atoms with E-state index in [9.17, 15) is 9.90 Å². The van der Waals surface area contributed by atoms with Crippen molar-refractivity contribution >= 4 is 5.91 Å². The van der Waals surface area contributed by atoms with Crippen LogP contribution in [-0.2, 0) is 4.74 Å². The highest BCUT2D eigenvalue weighted by atomic mass is 16.5. The summed E-state index contributed by atoms with van der Waals surface area (Å²) in [6.45, 7) is 4.20. The molecule has 0 aliphatic carbocycles. The van der Waals surface area contributed by atoms with E-state index in [-0.39, 0.29) is 5.91 Å². The van der Waals surface area contributed by atoms with Gasteiger partial charge in [0, 0.05) is 25.9 Å². The molecular weight excluding hydrogens is 296 g/mol. The van der Waals surface area contributed by atoms with Crippen LogP contribution in [0.3, 0.4) is 0 Å². The Kier molecular flexibility index (Phi) is 4.82. The third kappa shape index (κ3) is 3.19. The third-order valence-corrected chi connectivity index (χ3v) is 4.80. The maximum Gasteiger partial charge on any atom is 0.259 e. The van der Waals surface area contributed by atoms with E-state index in [0.29, 0.717) is 50.6 Å². The molecule has 3 heterocycles. The molecule has 2 saturated heterocycles. The number of hydrogen-bond donors (Lipinski definition) is 1. The van der Waals surface area contributed by atoms with Crippen LogP contribution < -0.4 is 4.74 Å². The summed E-state index contributed by atoms with van der Waals surface area (Å²) in [6.07, 6.45) is 4.23. The number of carbonyl (C=O) groups is 1. The smallest absolute Gasteiger partial charge is 0.259 e. The monoisotopic (exact) mass is 320 g/mol. The molecule has 1 aromatic heterocycles. The lowest BCUT2D eigenvalue weighted by Gasteiger charge is -2.46. The third-order valence-electron chi connectivity index (χ3n) is 4.80. The lowest BCUT2D eigenvalue weighted by atomic mass is 9.82. The van der Waals surface area contributed by atoms with Gasteiger partial charge in [0.2, 0.25) is 5.88 Å². The topological polar surface area (TPSA) is 71.9 Å². The van der Waals surface area contributed by atoms with E-state index >= 15 is 0 Å². The second-order valence-corrected chi connectivity index (χ2v) is 6.15. The Labute approximate surface area is 136 Å². The number of pyridine rings is 1. The van der Waals surface area contributed by atoms with Gasteiger partial charge in [-0.05, 0) is 44.7 Å². The summed E-state index contributed by atoms with van der Waals surface area (Å²) in [5.74, 6) is 0.316. The van der Waals surface area contributed by atoms with E-state index in [1.165, 1.54) is 0 Å². The highest BCUT2D eigenvalue weighted by Crippen LogP contribution is 2.35. The maximum absolute atomic E-state index is 12.8. The van der Waals surface area contributed by atoms with E-state index < -0.39 is 11.7 Å². The van der Waals surface area contributed by atoms with Gasteiger partial charge in [-0.3, -0.25) is 4.79 Å². The number of ether oxygens (including phenoxy) is 2. The van der Waals surface area contributed by atoms with E-state index in [0.717, 1.165) is 12.8 Å². The Hall–Kier alpha value is -1.66. The highest BCUT2D eigenvalue weighted by molar-refractivity contribution is 5.96. The van der Waals surface area contributed by atoms with E-state index in [1.54, 1.807) is 23.2 Å². The van der Waals surface area contributed by atoms with Crippen molar-refractivity contribution in [3.05, 3.63) is 23.9 Å². The Morgan fingerprint density at radius 2 is 2.30 bits per heavy atom. The Morgan fingerprint density at radius 1 is 1.52 bits per heavy atom. The number of hydrogen-bond acceptors (Lipinski definition) is 5. The molecule has 23 heavy (non-hydrogen) atoms. The molecule has 1 N–H and O–H groups in total. The van der Waals surface area contributed by atoms with Gasteiger partial charge in [-0.1, -0.05) is 0 Å². The average Bonchev–Trinajstić information content (AvgIpc) is 2.59. The fourth-order valence-electron chi connectivity index (χ4n) is 3.45. The SMILES string of the molecule is CCOc1ncccc1C(=O)N1CCC2(CC1)OCCC[C@H]2O. The number of rotatable bonds is 3. The number of aliphatic hydroxyl groups is 1. The van der Waals surface area contributed by atoms with Crippen molar-refractivity contribution in [2.24, 2.45) is 0 Å². The number of aromatic nitrogens is 1. The molecule has 1 amide bonds. The van der Waals surface area contributed by atoms with Gasteiger partial charge in [-0.25, -0.2) is 4.98 Å². The molecule has 2 aliphatic rings. The van der Waals surface area contributed by atoms with E-state index in [4.69, 9.17) is 9.47 Å². The zero-order valence-corrected chi connectivity index (χ0v) is 13.5. The fraction of sp³-hybridized carbons (Fsp3) is 0.647. The lowest BCUT2D eigenvalue weighted by molar-refractivity contribution is -0.174. The Morgan fingerprint density at radius 3 is 3.00 bits per heavy atom. The van der Waals surface area contributed by atoms with Crippen LogP contribution in [0.25, 0.3) is 0 Å². The number of carbonyl (C=O) groups excluding carboxylic acids is 1. The second-order valence-electron chi connectivity index (χ2n) is 6.15. The van der Waals surface area contributed by atoms with Crippen molar-refractivity contribution in [3.8, 4) is 5.88 Å². The molecule has 3 rings (SSSR count). The predicted molar refractivity (Wildman–Crippen MR) is 84.5 cm³/mol. The largest absolute Gasteiger partial charge is 0.477 e. The minimum Gasteiger partial charge on any atom is -0.477 e. The predicted octanol–water partition coefficient (Wildman–Crippen LogP) is 1.63. The minimum absolute atomic E-state index is 0.0679. The summed E-state index contributed by atoms with van der Waals surface area (Å²) in [7, 11) is 0. The second kappa shape index (κ2) is 6.84. The van der Waals surface area contributed by atoms with Crippen LogP contribution in [0.2, 0.25) is 0 Å². The summed E-state index contributed by atoms with van der Waals surface area (Å²) < 4.78 is 11.3. The molecule has 2 fully saturated rings. The lowest BCUT2D eigenvalue weighted by Crippen LogP contribution is -2.56. The summed E-state index contributed by atoms with van der Waals surface area (Å²) in [5.41, 5.74) is 0.0302. The summed E-state index contributed by atoms with van der Waals surface area (Å²) in [5, 5.41) is 10.3. The van der Waals surface area contributed by atoms with Crippen LogP contribution in [0.15, 0.2) is 18.3 Å². The molecular formula is C17H24N2O4. The molecule has 0 bridgehead atoms. The molecule has 126 valence electrons. The van der Waals surface area contributed by atoms with Crippen molar-refractivity contribution in [1.29, 1.82) is 0 Å². The summed E-state index contributed by atoms with van der Waals surface area (Å²) in [4.78, 5) is 18.7. The van der Waals surface area contributed by atoms with Gasteiger partial charge in [-0.15, -0.1) is 0 Å². The first-order valence-electron chi connectivity index (χ1n) is 8.35. The summed E-state index contributed by atoms with van der Waals surface area (Å²) >= 11 is 0. The van der Waals surface area contributed by atoms with Crippen molar-refractivity contribution in [2.45, 2.75) is 44.3 Å². The Bertz CT molecular complexity index is 555. The highest BCUT2D eigenvalue weighted by Gasteiger charge is 2.44. The normalized spacial score (nSPS) is 23.7. The van der Waals surface area contributed by atoms with Crippen molar-refractivity contribution in [2.75, 3.05) is 26.3 Å². The summed E-state index contributed by atoms with van der Waals surface area (Å²) in [6, 6.07) is 3.49. The molecule has 0 unspecified atom stereocenters. The van der Waals surface area contributed by atoms with Crippen molar-refractivity contribution in [3.63, 3.8) is 0 Å². The van der Waals surface area contributed by atoms with Gasteiger partial charge in [0.1, 0.15) is 5.56 Å². The van der Waals surface area contributed by atoms with Crippen molar-refractivity contribution < 1.29 is 19.4 Å². The molecule has 1 atom stereocenters. The van der Waals surface area contributed by atoms with Crippen LogP contribution in [-0.4, -0.2) is 58.9 Å². The van der Waals surface area contributed by atoms with Crippen LogP contribution in [0.4, 0.5) is 0 Å². The van der Waals surface area contributed by atoms with Gasteiger partial charge >= 0.3 is 0 Å². The molecule has 6 nitrogen and oxygen atoms in total. The molecule has 0 aromatic carbocycles. The Balaban J connectivity index is 1.69. The van der Waals surface area contributed by atoms with Crippen LogP contribution in [0.1, 0.15) is 43.0 Å². The number of likely N-dealkylation sites (tertiary alicyclic amines) is 1. The van der Waals surface area contributed by atoms with E-state index in [1.807, 2.05) is 6.92 Å². The van der Waals surface area contributed by atoms with Gasteiger partial charge in [-0.2, -0.15) is 0 Å². The van der Waals surface area contributed by atoms with Crippen molar-refractivity contribution in [1.82, 2.24) is 9.88 Å². The van der Waals surface area contributed by atoms with E-state index in [2.05, 4.69) is 4.98 Å². The quantitative estimate of drug-likeness (QED) is 0.916. The number of aliphatic hydroxyl groups excluding tert-OH is 1. The van der Waals surface area contributed by atoms with Crippen LogP contribution >= 0.6 is 0 Å². The zero-order valence-electron chi connectivity index (χ0n) is 13.5. The maximum atomic E-state index is 12.8. The molecule has 0 saturated carbocycles. The number of piperidine rings is 1. The fourth-order valence-corrected chi connectivity index (χ4v) is 3.45. The van der Waals surface area contributed by atoms with Crippen LogP contribution in [0, 0.1) is 0 Å². The molecule has 0 radical (unpaired) electrons. The first-order valence-corrected chi connectivity index (χ1v) is 8.35. The zero-order chi connectivity index (χ0) is 16.3. The first kappa shape index (κ1) is 16.2. The molecule has 1 spiro atoms. The van der Waals surface area contributed by atoms with Gasteiger partial charge in [0.05, 0.1) is 18.3 Å². The number of amides is 1. The minimum atomic E-state index is -0.466. The van der Waals surface area contributed by atoms with Crippen LogP contribution in [0.5, 0.6) is 5.88 Å². The molecule has 6 heteroatoms. The van der Waals surface area contributed by atoms with Gasteiger partial charge in [0.15, 0.2) is 0 Å². The standard InChI is InChI=1S/C17H24N2O4/c1-2-22-15-13(5-3-9-18-15)16(21)19-10-7-17(8-11-19)14(20)6-4-12-23-17/h3,5,9,14,20H,2,4,6-8,10-12H2,1H3/t14-/m1/s1. The van der Waals surface area contributed by atoms with Gasteiger partial charge in [0.25, 0.3) is 5.91 Å². The first-order chi connectivity index (χ1) is 11.2. The molecule has 1 aromatic rings. The number of nitrogens with zero attached hydrogens (tertiary/aromatic N) is 2. The average molecular weight is 320 g/mol.